The lowest BCUT2D eigenvalue weighted by Gasteiger charge is -2.15. The Morgan fingerprint density at radius 2 is 2.00 bits per heavy atom. The number of nitrogens with zero attached hydrogens (tertiary/aromatic N) is 4. The van der Waals surface area contributed by atoms with Crippen molar-refractivity contribution in [3.63, 3.8) is 0 Å². The summed E-state index contributed by atoms with van der Waals surface area (Å²) in [6.45, 7) is 0. The molecule has 0 saturated heterocycles. The van der Waals surface area contributed by atoms with E-state index in [1.807, 2.05) is 53.1 Å². The number of hydrogen-bond acceptors (Lipinski definition) is 6. The first-order chi connectivity index (χ1) is 14.7. The third kappa shape index (κ3) is 3.50. The monoisotopic (exact) mass is 417 g/mol. The van der Waals surface area contributed by atoms with Crippen LogP contribution in [0.4, 0.5) is 0 Å². The molecular weight excluding hydrogens is 398 g/mol. The molecule has 5 rings (SSSR count). The summed E-state index contributed by atoms with van der Waals surface area (Å²) in [7, 11) is 1.66. The highest BCUT2D eigenvalue weighted by Gasteiger charge is 2.20. The minimum absolute atomic E-state index is 0.0358. The van der Waals surface area contributed by atoms with Crippen LogP contribution in [0.5, 0.6) is 5.75 Å². The quantitative estimate of drug-likeness (QED) is 0.476. The van der Waals surface area contributed by atoms with Crippen molar-refractivity contribution in [1.82, 2.24) is 24.7 Å². The molecule has 150 valence electrons. The Hall–Kier alpha value is -3.39. The fraction of sp³-hybridized carbons (Fsp3) is 0.182. The third-order valence-corrected chi connectivity index (χ3v) is 6.06. The maximum atomic E-state index is 12.6. The van der Waals surface area contributed by atoms with Crippen LogP contribution in [0.15, 0.2) is 53.7 Å². The molecule has 0 spiro atoms. The summed E-state index contributed by atoms with van der Waals surface area (Å²) >= 11 is 1.64. The first-order valence-electron chi connectivity index (χ1n) is 9.61. The van der Waals surface area contributed by atoms with E-state index >= 15 is 0 Å². The molecule has 2 aromatic carbocycles. The molecule has 0 bridgehead atoms. The molecule has 0 amide bonds. The van der Waals surface area contributed by atoms with Gasteiger partial charge >= 0.3 is 0 Å². The number of rotatable bonds is 6. The summed E-state index contributed by atoms with van der Waals surface area (Å²) in [5.41, 5.74) is 3.97. The largest absolute Gasteiger partial charge is 0.497 e. The number of carbonyl (C=O) groups excluding carboxylic acids is 1. The number of nitrogens with one attached hydrogen (secondary N) is 1. The Morgan fingerprint density at radius 1 is 1.17 bits per heavy atom. The molecule has 0 radical (unpaired) electrons. The number of para-hydroxylation sites is 2. The lowest BCUT2D eigenvalue weighted by Crippen LogP contribution is -2.08. The van der Waals surface area contributed by atoms with E-state index in [1.54, 1.807) is 18.9 Å². The van der Waals surface area contributed by atoms with Crippen LogP contribution in [0.1, 0.15) is 28.4 Å². The van der Waals surface area contributed by atoms with E-state index in [1.165, 1.54) is 5.57 Å². The summed E-state index contributed by atoms with van der Waals surface area (Å²) in [6, 6.07) is 15.6. The van der Waals surface area contributed by atoms with Gasteiger partial charge < -0.3 is 9.72 Å². The topological polar surface area (TPSA) is 85.7 Å². The fourth-order valence-electron chi connectivity index (χ4n) is 3.43. The molecule has 0 saturated carbocycles. The maximum absolute atomic E-state index is 12.6. The molecule has 2 aromatic heterocycles. The lowest BCUT2D eigenvalue weighted by atomic mass is 10.1. The number of ketones is 1. The maximum Gasteiger partial charge on any atom is 0.198 e. The van der Waals surface area contributed by atoms with Crippen LogP contribution in [0.2, 0.25) is 0 Å². The Bertz CT molecular complexity index is 1220. The molecule has 7 nitrogen and oxygen atoms in total. The average Bonchev–Trinajstić information content (AvgIpc) is 3.41. The van der Waals surface area contributed by atoms with Gasteiger partial charge in [0.1, 0.15) is 11.6 Å². The van der Waals surface area contributed by atoms with Gasteiger partial charge in [-0.2, -0.15) is 0 Å². The Kier molecular flexibility index (Phi) is 4.84. The van der Waals surface area contributed by atoms with Crippen LogP contribution >= 0.6 is 11.8 Å². The van der Waals surface area contributed by atoms with E-state index in [0.29, 0.717) is 18.7 Å². The number of aromatic nitrogens is 5. The molecule has 0 fully saturated rings. The van der Waals surface area contributed by atoms with Gasteiger partial charge in [0.2, 0.25) is 0 Å². The molecule has 0 unspecified atom stereocenters. The molecular formula is C22H19N5O2S. The first kappa shape index (κ1) is 18.6. The summed E-state index contributed by atoms with van der Waals surface area (Å²) < 4.78 is 7.23. The number of imidazole rings is 1. The predicted octanol–water partition coefficient (Wildman–Crippen LogP) is 4.08. The number of Topliss-reactive ketones (excluding diaryl/α,β-unsaturated/α-hetero) is 1. The Balaban J connectivity index is 1.34. The number of aryl methyl sites for hydroxylation is 1. The zero-order valence-electron chi connectivity index (χ0n) is 16.3. The number of methoxy groups -OCH3 is 1. The van der Waals surface area contributed by atoms with Gasteiger partial charge in [0.15, 0.2) is 16.8 Å². The van der Waals surface area contributed by atoms with E-state index in [9.17, 15) is 4.79 Å². The smallest absolute Gasteiger partial charge is 0.198 e. The van der Waals surface area contributed by atoms with Gasteiger partial charge in [-0.25, -0.2) is 4.98 Å². The first-order valence-corrected chi connectivity index (χ1v) is 10.6. The molecule has 30 heavy (non-hydrogen) atoms. The van der Waals surface area contributed by atoms with E-state index in [-0.39, 0.29) is 5.78 Å². The average molecular weight is 417 g/mol. The van der Waals surface area contributed by atoms with Gasteiger partial charge in [0, 0.05) is 24.8 Å². The highest BCUT2D eigenvalue weighted by atomic mass is 32.2. The molecule has 0 aliphatic carbocycles. The van der Waals surface area contributed by atoms with Gasteiger partial charge in [-0.15, -0.1) is 10.2 Å². The lowest BCUT2D eigenvalue weighted by molar-refractivity contribution is 0.0973. The molecule has 4 aromatic rings. The molecule has 0 atom stereocenters. The van der Waals surface area contributed by atoms with Crippen molar-refractivity contribution >= 4 is 40.4 Å². The number of hydrogen-bond donors (Lipinski definition) is 1. The van der Waals surface area contributed by atoms with Crippen molar-refractivity contribution < 1.29 is 9.53 Å². The second kappa shape index (κ2) is 7.79. The number of aromatic amines is 1. The van der Waals surface area contributed by atoms with Crippen molar-refractivity contribution in [1.29, 1.82) is 0 Å². The van der Waals surface area contributed by atoms with Gasteiger partial charge in [-0.3, -0.25) is 9.36 Å². The van der Waals surface area contributed by atoms with Gasteiger partial charge in [0.25, 0.3) is 0 Å². The van der Waals surface area contributed by atoms with Crippen molar-refractivity contribution in [3.8, 4) is 5.75 Å². The zero-order chi connectivity index (χ0) is 20.5. The minimum Gasteiger partial charge on any atom is -0.497 e. The summed E-state index contributed by atoms with van der Waals surface area (Å²) in [5, 5.41) is 9.43. The van der Waals surface area contributed by atoms with Crippen molar-refractivity contribution in [2.45, 2.75) is 18.0 Å². The molecule has 1 N–H and O–H groups in total. The number of thioether (sulfide) groups is 1. The minimum atomic E-state index is -0.0358. The van der Waals surface area contributed by atoms with E-state index in [4.69, 9.17) is 4.74 Å². The number of fused-ring (bicyclic) bond motifs is 2. The van der Waals surface area contributed by atoms with Crippen LogP contribution in [-0.2, 0) is 6.42 Å². The van der Waals surface area contributed by atoms with E-state index < -0.39 is 0 Å². The number of carbonyl (C=O) groups is 1. The van der Waals surface area contributed by atoms with Crippen molar-refractivity contribution in [2.24, 2.45) is 0 Å². The Labute approximate surface area is 177 Å². The van der Waals surface area contributed by atoms with Crippen LogP contribution in [0.25, 0.3) is 22.8 Å². The fourth-order valence-corrected chi connectivity index (χ4v) is 4.35. The Morgan fingerprint density at radius 3 is 2.80 bits per heavy atom. The third-order valence-electron chi connectivity index (χ3n) is 5.07. The van der Waals surface area contributed by atoms with Gasteiger partial charge in [0.05, 0.1) is 18.1 Å². The number of H-pyrrole nitrogens is 1. The normalized spacial score (nSPS) is 13.2. The summed E-state index contributed by atoms with van der Waals surface area (Å²) in [5.74, 6) is 2.78. The predicted molar refractivity (Wildman–Crippen MR) is 117 cm³/mol. The van der Waals surface area contributed by atoms with E-state index in [0.717, 1.165) is 39.1 Å². The van der Waals surface area contributed by atoms with Gasteiger partial charge in [-0.05, 0) is 35.4 Å². The summed E-state index contributed by atoms with van der Waals surface area (Å²) in [6.07, 6.45) is 2.87. The van der Waals surface area contributed by atoms with Crippen LogP contribution in [0, 0.1) is 0 Å². The van der Waals surface area contributed by atoms with Crippen LogP contribution in [-0.4, -0.2) is 43.4 Å². The SMILES string of the molecule is COc1ccc(C2=Cn3c(CCC(=O)c4nc5ccccc5[nH]4)nnc3SC2)cc1. The standard InChI is InChI=1S/C22H19N5O2S/c1-29-16-8-6-14(7-9-16)15-12-27-20(25-26-22(27)30-13-15)11-10-19(28)21-23-17-4-2-3-5-18(17)24-21/h2-9,12H,10-11,13H2,1H3,(H,23,24). The van der Waals surface area contributed by atoms with Crippen molar-refractivity contribution in [3.05, 3.63) is 65.7 Å². The molecule has 1 aliphatic rings. The number of benzene rings is 2. The van der Waals surface area contributed by atoms with E-state index in [2.05, 4.69) is 26.4 Å². The second-order valence-corrected chi connectivity index (χ2v) is 7.91. The van der Waals surface area contributed by atoms with Gasteiger partial charge in [-0.1, -0.05) is 36.0 Å². The molecule has 1 aliphatic heterocycles. The molecule has 3 heterocycles. The van der Waals surface area contributed by atoms with Crippen LogP contribution < -0.4 is 4.74 Å². The molecule has 8 heteroatoms. The van der Waals surface area contributed by atoms with Crippen LogP contribution in [0.3, 0.4) is 0 Å². The second-order valence-electron chi connectivity index (χ2n) is 6.97. The van der Waals surface area contributed by atoms with Crippen molar-refractivity contribution in [2.75, 3.05) is 12.9 Å². The summed E-state index contributed by atoms with van der Waals surface area (Å²) in [4.78, 5) is 20.1. The highest BCUT2D eigenvalue weighted by Crippen LogP contribution is 2.32. The zero-order valence-corrected chi connectivity index (χ0v) is 17.1. The number of ether oxygens (including phenoxy) is 1. The highest BCUT2D eigenvalue weighted by molar-refractivity contribution is 7.99.